The van der Waals surface area contributed by atoms with Gasteiger partial charge in [-0.2, -0.15) is 0 Å². The molecule has 1 atom stereocenters. The van der Waals surface area contributed by atoms with Crippen LogP contribution in [0.2, 0.25) is 0 Å². The molecule has 0 radical (unpaired) electrons. The highest BCUT2D eigenvalue weighted by Gasteiger charge is 2.20. The zero-order chi connectivity index (χ0) is 16.7. The topological polar surface area (TPSA) is 44.9 Å². The lowest BCUT2D eigenvalue weighted by Crippen LogP contribution is -2.13. The van der Waals surface area contributed by atoms with E-state index < -0.39 is 0 Å². The molecule has 1 heterocycles. The molecular formula is C21H22N2O. The van der Waals surface area contributed by atoms with Crippen molar-refractivity contribution in [2.45, 2.75) is 33.1 Å². The summed E-state index contributed by atoms with van der Waals surface area (Å²) in [6, 6.07) is 13.8. The molecule has 2 aromatic carbocycles. The minimum Gasteiger partial charge on any atom is -0.358 e. The highest BCUT2D eigenvalue weighted by molar-refractivity contribution is 6.07. The summed E-state index contributed by atoms with van der Waals surface area (Å²) in [5.41, 5.74) is 6.54. The van der Waals surface area contributed by atoms with E-state index in [2.05, 4.69) is 17.2 Å². The average molecular weight is 318 g/mol. The van der Waals surface area contributed by atoms with Crippen molar-refractivity contribution in [2.24, 2.45) is 5.92 Å². The number of aryl methyl sites for hydroxylation is 2. The van der Waals surface area contributed by atoms with Crippen molar-refractivity contribution in [1.29, 1.82) is 0 Å². The number of aromatic amines is 1. The maximum absolute atomic E-state index is 12.6. The largest absolute Gasteiger partial charge is 0.358 e. The third kappa shape index (κ3) is 2.60. The fraction of sp³-hybridized carbons (Fsp3) is 0.286. The molecule has 1 amide bonds. The van der Waals surface area contributed by atoms with Gasteiger partial charge in [-0.15, -0.1) is 0 Å². The Morgan fingerprint density at radius 1 is 1.21 bits per heavy atom. The van der Waals surface area contributed by atoms with E-state index >= 15 is 0 Å². The van der Waals surface area contributed by atoms with Crippen LogP contribution in [-0.2, 0) is 12.8 Å². The van der Waals surface area contributed by atoms with E-state index in [1.165, 1.54) is 23.1 Å². The number of hydrogen-bond donors (Lipinski definition) is 2. The van der Waals surface area contributed by atoms with Crippen molar-refractivity contribution in [2.75, 3.05) is 5.32 Å². The second-order valence-electron chi connectivity index (χ2n) is 6.96. The van der Waals surface area contributed by atoms with Gasteiger partial charge >= 0.3 is 0 Å². The molecule has 0 fully saturated rings. The van der Waals surface area contributed by atoms with E-state index in [-0.39, 0.29) is 5.91 Å². The number of hydrogen-bond acceptors (Lipinski definition) is 1. The third-order valence-corrected chi connectivity index (χ3v) is 5.09. The number of amides is 1. The Morgan fingerprint density at radius 2 is 2.04 bits per heavy atom. The molecule has 0 aliphatic heterocycles. The fourth-order valence-corrected chi connectivity index (χ4v) is 3.64. The molecular weight excluding hydrogens is 296 g/mol. The number of H-pyrrole nitrogens is 1. The Hall–Kier alpha value is -2.55. The molecule has 1 unspecified atom stereocenters. The van der Waals surface area contributed by atoms with Crippen LogP contribution in [0.15, 0.2) is 42.5 Å². The number of para-hydroxylation sites is 1. The quantitative estimate of drug-likeness (QED) is 0.697. The monoisotopic (exact) mass is 318 g/mol. The molecule has 1 aliphatic rings. The Bertz CT molecular complexity index is 923. The first kappa shape index (κ1) is 15.0. The van der Waals surface area contributed by atoms with Gasteiger partial charge < -0.3 is 10.3 Å². The van der Waals surface area contributed by atoms with E-state index in [1.54, 1.807) is 0 Å². The number of carbonyl (C=O) groups excluding carboxylic acids is 1. The normalized spacial score (nSPS) is 16.8. The van der Waals surface area contributed by atoms with Crippen LogP contribution in [0.3, 0.4) is 0 Å². The van der Waals surface area contributed by atoms with E-state index in [4.69, 9.17) is 0 Å². The van der Waals surface area contributed by atoms with Gasteiger partial charge in [0.15, 0.2) is 0 Å². The van der Waals surface area contributed by atoms with Crippen molar-refractivity contribution < 1.29 is 4.79 Å². The Morgan fingerprint density at radius 3 is 2.88 bits per heavy atom. The lowest BCUT2D eigenvalue weighted by atomic mass is 9.87. The third-order valence-electron chi connectivity index (χ3n) is 5.09. The standard InChI is InChI=1S/C21H22N2O/c1-13-7-9-19-16(11-13)17-12-15(8-10-20(17)22-19)21(24)23-18-6-4-3-5-14(18)2/h3-6,8,10,12-13,22H,7,9,11H2,1-2H3,(H,23,24). The van der Waals surface area contributed by atoms with Gasteiger partial charge in [0.1, 0.15) is 0 Å². The molecule has 2 N–H and O–H groups in total. The molecule has 0 spiro atoms. The summed E-state index contributed by atoms with van der Waals surface area (Å²) in [6.45, 7) is 4.30. The Labute approximate surface area is 142 Å². The predicted octanol–water partition coefficient (Wildman–Crippen LogP) is 4.85. The minimum atomic E-state index is -0.0509. The first-order valence-corrected chi connectivity index (χ1v) is 8.62. The molecule has 4 rings (SSSR count). The van der Waals surface area contributed by atoms with Crippen LogP contribution in [0, 0.1) is 12.8 Å². The lowest BCUT2D eigenvalue weighted by Gasteiger charge is -2.18. The molecule has 1 aliphatic carbocycles. The van der Waals surface area contributed by atoms with E-state index in [1.807, 2.05) is 49.4 Å². The molecule has 0 saturated carbocycles. The van der Waals surface area contributed by atoms with Gasteiger partial charge in [-0.3, -0.25) is 4.79 Å². The van der Waals surface area contributed by atoms with E-state index in [0.717, 1.165) is 29.6 Å². The van der Waals surface area contributed by atoms with Gasteiger partial charge in [-0.25, -0.2) is 0 Å². The van der Waals surface area contributed by atoms with Crippen LogP contribution < -0.4 is 5.32 Å². The van der Waals surface area contributed by atoms with Crippen molar-refractivity contribution in [3.05, 3.63) is 64.8 Å². The Balaban J connectivity index is 1.68. The SMILES string of the molecule is Cc1ccccc1NC(=O)c1ccc2[nH]c3c(c2c1)CC(C)CC3. The van der Waals surface area contributed by atoms with Gasteiger partial charge in [-0.05, 0) is 67.5 Å². The summed E-state index contributed by atoms with van der Waals surface area (Å²) >= 11 is 0. The molecule has 3 heteroatoms. The lowest BCUT2D eigenvalue weighted by molar-refractivity contribution is 0.102. The summed E-state index contributed by atoms with van der Waals surface area (Å²) in [5, 5.41) is 4.23. The zero-order valence-electron chi connectivity index (χ0n) is 14.1. The van der Waals surface area contributed by atoms with Crippen LogP contribution in [-0.4, -0.2) is 10.9 Å². The number of benzene rings is 2. The Kier molecular flexibility index (Phi) is 3.64. The second kappa shape index (κ2) is 5.82. The van der Waals surface area contributed by atoms with Gasteiger partial charge in [0.05, 0.1) is 0 Å². The van der Waals surface area contributed by atoms with Crippen LogP contribution in [0.1, 0.15) is 40.5 Å². The molecule has 122 valence electrons. The molecule has 1 aromatic heterocycles. The van der Waals surface area contributed by atoms with Crippen LogP contribution in [0.25, 0.3) is 10.9 Å². The maximum Gasteiger partial charge on any atom is 0.255 e. The minimum absolute atomic E-state index is 0.0509. The second-order valence-corrected chi connectivity index (χ2v) is 6.96. The smallest absolute Gasteiger partial charge is 0.255 e. The van der Waals surface area contributed by atoms with Crippen molar-refractivity contribution in [3.8, 4) is 0 Å². The van der Waals surface area contributed by atoms with Crippen LogP contribution >= 0.6 is 0 Å². The molecule has 0 saturated heterocycles. The first-order chi connectivity index (χ1) is 11.6. The van der Waals surface area contributed by atoms with E-state index in [0.29, 0.717) is 11.5 Å². The van der Waals surface area contributed by atoms with Gasteiger partial charge in [0.2, 0.25) is 0 Å². The summed E-state index contributed by atoms with van der Waals surface area (Å²) in [7, 11) is 0. The van der Waals surface area contributed by atoms with Crippen molar-refractivity contribution in [1.82, 2.24) is 4.98 Å². The van der Waals surface area contributed by atoms with Crippen molar-refractivity contribution in [3.63, 3.8) is 0 Å². The number of aromatic nitrogens is 1. The summed E-state index contributed by atoms with van der Waals surface area (Å²) in [5.74, 6) is 0.658. The highest BCUT2D eigenvalue weighted by atomic mass is 16.1. The molecule has 3 aromatic rings. The number of fused-ring (bicyclic) bond motifs is 3. The average Bonchev–Trinajstić information content (AvgIpc) is 2.94. The van der Waals surface area contributed by atoms with Gasteiger partial charge in [-0.1, -0.05) is 25.1 Å². The predicted molar refractivity (Wildman–Crippen MR) is 98.6 cm³/mol. The number of carbonyl (C=O) groups is 1. The molecule has 24 heavy (non-hydrogen) atoms. The molecule has 0 bridgehead atoms. The highest BCUT2D eigenvalue weighted by Crippen LogP contribution is 2.32. The summed E-state index contributed by atoms with van der Waals surface area (Å²) in [6.07, 6.45) is 3.44. The van der Waals surface area contributed by atoms with Gasteiger partial charge in [0, 0.05) is 27.8 Å². The van der Waals surface area contributed by atoms with Crippen LogP contribution in [0.4, 0.5) is 5.69 Å². The number of nitrogens with one attached hydrogen (secondary N) is 2. The van der Waals surface area contributed by atoms with Crippen LogP contribution in [0.5, 0.6) is 0 Å². The maximum atomic E-state index is 12.6. The fourth-order valence-electron chi connectivity index (χ4n) is 3.64. The first-order valence-electron chi connectivity index (χ1n) is 8.62. The van der Waals surface area contributed by atoms with Gasteiger partial charge in [0.25, 0.3) is 5.91 Å². The summed E-state index contributed by atoms with van der Waals surface area (Å²) in [4.78, 5) is 16.2. The van der Waals surface area contributed by atoms with E-state index in [9.17, 15) is 4.79 Å². The molecule has 3 nitrogen and oxygen atoms in total. The number of rotatable bonds is 2. The number of anilines is 1. The zero-order valence-corrected chi connectivity index (χ0v) is 14.1. The summed E-state index contributed by atoms with van der Waals surface area (Å²) < 4.78 is 0. The van der Waals surface area contributed by atoms with Crippen molar-refractivity contribution >= 4 is 22.5 Å².